The van der Waals surface area contributed by atoms with Gasteiger partial charge in [-0.3, -0.25) is 0 Å². The summed E-state index contributed by atoms with van der Waals surface area (Å²) < 4.78 is 5.18. The van der Waals surface area contributed by atoms with Crippen LogP contribution in [0.3, 0.4) is 0 Å². The molecule has 0 aliphatic rings. The molecule has 3 aromatic carbocycles. The molecule has 2 N–H and O–H groups in total. The van der Waals surface area contributed by atoms with Crippen LogP contribution in [0, 0.1) is 0 Å². The van der Waals surface area contributed by atoms with E-state index >= 15 is 0 Å². The monoisotopic (exact) mass is 408 g/mol. The molecule has 144 valence electrons. The summed E-state index contributed by atoms with van der Waals surface area (Å²) in [5.74, 6) is 1.83. The Morgan fingerprint density at radius 3 is 2.25 bits per heavy atom. The Labute approximate surface area is 176 Å². The molecule has 0 saturated heterocycles. The normalized spacial score (nSPS) is 10.3. The molecule has 3 nitrogen and oxygen atoms in total. The summed E-state index contributed by atoms with van der Waals surface area (Å²) in [5, 5.41) is 7.13. The molecule has 0 unspecified atom stereocenters. The average molecular weight is 409 g/mol. The van der Waals surface area contributed by atoms with E-state index in [9.17, 15) is 0 Å². The van der Waals surface area contributed by atoms with E-state index in [1.165, 1.54) is 16.0 Å². The first kappa shape index (κ1) is 20.2. The molecule has 3 aromatic rings. The number of hydrogen-bond acceptors (Lipinski definition) is 3. The molecular formula is C23H24N2OS2. The summed E-state index contributed by atoms with van der Waals surface area (Å²) in [6.07, 6.45) is 0.904. The molecule has 0 aliphatic carbocycles. The first-order chi connectivity index (χ1) is 13.7. The fourth-order valence-corrected chi connectivity index (χ4v) is 3.75. The van der Waals surface area contributed by atoms with E-state index in [-0.39, 0.29) is 0 Å². The molecule has 0 heterocycles. The van der Waals surface area contributed by atoms with Crippen LogP contribution in [0.25, 0.3) is 0 Å². The van der Waals surface area contributed by atoms with Gasteiger partial charge in [-0.25, -0.2) is 0 Å². The Kier molecular flexibility index (Phi) is 7.76. The maximum Gasteiger partial charge on any atom is 0.170 e. The second-order valence-electron chi connectivity index (χ2n) is 6.28. The lowest BCUT2D eigenvalue weighted by Gasteiger charge is -2.11. The number of thioether (sulfide) groups is 1. The maximum atomic E-state index is 5.39. The number of rotatable bonds is 8. The minimum absolute atomic E-state index is 0.639. The van der Waals surface area contributed by atoms with Crippen LogP contribution in [-0.2, 0) is 12.2 Å². The first-order valence-corrected chi connectivity index (χ1v) is 10.6. The third-order valence-electron chi connectivity index (χ3n) is 4.22. The number of anilines is 1. The highest BCUT2D eigenvalue weighted by molar-refractivity contribution is 7.98. The summed E-state index contributed by atoms with van der Waals surface area (Å²) in [6.45, 7) is 0.782. The first-order valence-electron chi connectivity index (χ1n) is 9.17. The largest absolute Gasteiger partial charge is 0.497 e. The summed E-state index contributed by atoms with van der Waals surface area (Å²) in [7, 11) is 1.68. The number of ether oxygens (including phenoxy) is 1. The van der Waals surface area contributed by atoms with E-state index in [1.807, 2.05) is 30.0 Å². The SMILES string of the molecule is COc1ccc(CCNC(=S)Nc2ccc(CSc3ccccc3)cc2)cc1. The van der Waals surface area contributed by atoms with Crippen LogP contribution < -0.4 is 15.4 Å². The van der Waals surface area contributed by atoms with Crippen molar-refractivity contribution in [3.8, 4) is 5.75 Å². The van der Waals surface area contributed by atoms with Gasteiger partial charge in [0.05, 0.1) is 7.11 Å². The lowest BCUT2D eigenvalue weighted by molar-refractivity contribution is 0.414. The predicted octanol–water partition coefficient (Wildman–Crippen LogP) is 5.52. The second kappa shape index (κ2) is 10.7. The molecule has 0 aliphatic heterocycles. The molecule has 0 fully saturated rings. The van der Waals surface area contributed by atoms with Gasteiger partial charge in [-0.1, -0.05) is 42.5 Å². The molecule has 3 rings (SSSR count). The van der Waals surface area contributed by atoms with Gasteiger partial charge < -0.3 is 15.4 Å². The zero-order chi connectivity index (χ0) is 19.6. The number of hydrogen-bond donors (Lipinski definition) is 2. The van der Waals surface area contributed by atoms with Crippen LogP contribution in [0.15, 0.2) is 83.8 Å². The van der Waals surface area contributed by atoms with Crippen molar-refractivity contribution in [2.24, 2.45) is 0 Å². The van der Waals surface area contributed by atoms with Gasteiger partial charge in [-0.05, 0) is 66.2 Å². The van der Waals surface area contributed by atoms with E-state index in [4.69, 9.17) is 17.0 Å². The van der Waals surface area contributed by atoms with Crippen molar-refractivity contribution in [2.45, 2.75) is 17.1 Å². The molecule has 0 spiro atoms. The fraction of sp³-hybridized carbons (Fsp3) is 0.174. The summed E-state index contributed by atoms with van der Waals surface area (Å²) in [6, 6.07) is 27.0. The number of nitrogens with one attached hydrogen (secondary N) is 2. The van der Waals surface area contributed by atoms with E-state index < -0.39 is 0 Å². The smallest absolute Gasteiger partial charge is 0.170 e. The average Bonchev–Trinajstić information content (AvgIpc) is 2.74. The number of thiocarbonyl (C=S) groups is 1. The summed E-state index contributed by atoms with van der Waals surface area (Å²) >= 11 is 7.23. The van der Waals surface area contributed by atoms with E-state index in [1.54, 1.807) is 7.11 Å². The van der Waals surface area contributed by atoms with Gasteiger partial charge in [0.15, 0.2) is 5.11 Å². The van der Waals surface area contributed by atoms with Gasteiger partial charge in [-0.2, -0.15) is 0 Å². The summed E-state index contributed by atoms with van der Waals surface area (Å²) in [4.78, 5) is 1.28. The van der Waals surface area contributed by atoms with Crippen molar-refractivity contribution in [1.29, 1.82) is 0 Å². The van der Waals surface area contributed by atoms with Crippen LogP contribution >= 0.6 is 24.0 Å². The quantitative estimate of drug-likeness (QED) is 0.379. The molecule has 28 heavy (non-hydrogen) atoms. The Morgan fingerprint density at radius 1 is 0.893 bits per heavy atom. The molecular weight excluding hydrogens is 384 g/mol. The topological polar surface area (TPSA) is 33.3 Å². The molecule has 5 heteroatoms. The predicted molar refractivity (Wildman–Crippen MR) is 123 cm³/mol. The van der Waals surface area contributed by atoms with E-state index in [2.05, 4.69) is 71.3 Å². The molecule has 0 amide bonds. The van der Waals surface area contributed by atoms with Crippen molar-refractivity contribution in [3.63, 3.8) is 0 Å². The van der Waals surface area contributed by atoms with Gasteiger partial charge in [0.2, 0.25) is 0 Å². The van der Waals surface area contributed by atoms with Crippen molar-refractivity contribution >= 4 is 34.8 Å². The molecule has 0 saturated carbocycles. The standard InChI is InChI=1S/C23H24N2OS2/c1-26-21-13-9-18(10-14-21)15-16-24-23(27)25-20-11-7-19(8-12-20)17-28-22-5-3-2-4-6-22/h2-14H,15-17H2,1H3,(H2,24,25,27). The number of methoxy groups -OCH3 is 1. The zero-order valence-electron chi connectivity index (χ0n) is 15.9. The van der Waals surface area contributed by atoms with Crippen molar-refractivity contribution in [1.82, 2.24) is 5.32 Å². The molecule has 0 atom stereocenters. The minimum Gasteiger partial charge on any atom is -0.497 e. The van der Waals surface area contributed by atoms with Crippen LogP contribution in [0.1, 0.15) is 11.1 Å². The van der Waals surface area contributed by atoms with E-state index in [0.29, 0.717) is 5.11 Å². The van der Waals surface area contributed by atoms with Gasteiger partial charge >= 0.3 is 0 Å². The molecule has 0 aromatic heterocycles. The molecule has 0 radical (unpaired) electrons. The molecule has 0 bridgehead atoms. The van der Waals surface area contributed by atoms with Gasteiger partial charge in [0, 0.05) is 22.9 Å². The van der Waals surface area contributed by atoms with E-state index in [0.717, 1.165) is 30.2 Å². The maximum absolute atomic E-state index is 5.39. The lowest BCUT2D eigenvalue weighted by atomic mass is 10.1. The van der Waals surface area contributed by atoms with Crippen LogP contribution in [0.2, 0.25) is 0 Å². The highest BCUT2D eigenvalue weighted by Crippen LogP contribution is 2.23. The van der Waals surface area contributed by atoms with Crippen molar-refractivity contribution < 1.29 is 4.74 Å². The van der Waals surface area contributed by atoms with Gasteiger partial charge in [0.1, 0.15) is 5.75 Å². The lowest BCUT2D eigenvalue weighted by Crippen LogP contribution is -2.30. The Balaban J connectivity index is 1.39. The number of benzene rings is 3. The second-order valence-corrected chi connectivity index (χ2v) is 7.73. The third-order valence-corrected chi connectivity index (χ3v) is 5.55. The Morgan fingerprint density at radius 2 is 1.57 bits per heavy atom. The summed E-state index contributed by atoms with van der Waals surface area (Å²) in [5.41, 5.74) is 3.53. The van der Waals surface area contributed by atoms with Gasteiger partial charge in [-0.15, -0.1) is 11.8 Å². The van der Waals surface area contributed by atoms with Crippen LogP contribution in [0.4, 0.5) is 5.69 Å². The zero-order valence-corrected chi connectivity index (χ0v) is 17.5. The third kappa shape index (κ3) is 6.59. The Bertz CT molecular complexity index is 865. The Hall–Kier alpha value is -2.50. The van der Waals surface area contributed by atoms with Gasteiger partial charge in [0.25, 0.3) is 0 Å². The highest BCUT2D eigenvalue weighted by atomic mass is 32.2. The fourth-order valence-electron chi connectivity index (χ4n) is 2.66. The highest BCUT2D eigenvalue weighted by Gasteiger charge is 2.00. The minimum atomic E-state index is 0.639. The van der Waals surface area contributed by atoms with Crippen molar-refractivity contribution in [3.05, 3.63) is 90.0 Å². The van der Waals surface area contributed by atoms with Crippen LogP contribution in [0.5, 0.6) is 5.75 Å². The van der Waals surface area contributed by atoms with Crippen LogP contribution in [-0.4, -0.2) is 18.8 Å². The van der Waals surface area contributed by atoms with Crippen molar-refractivity contribution in [2.75, 3.05) is 19.0 Å².